The lowest BCUT2D eigenvalue weighted by Gasteiger charge is -2.32. The van der Waals surface area contributed by atoms with Gasteiger partial charge in [0.15, 0.2) is 0 Å². The first kappa shape index (κ1) is 17.6. The first-order chi connectivity index (χ1) is 12.1. The van der Waals surface area contributed by atoms with Gasteiger partial charge in [-0.15, -0.1) is 0 Å². The Morgan fingerprint density at radius 3 is 2.60 bits per heavy atom. The van der Waals surface area contributed by atoms with Gasteiger partial charge in [0.1, 0.15) is 18.7 Å². The fraction of sp³-hybridized carbons (Fsp3) is 0.500. The largest absolute Gasteiger partial charge is 0.350 e. The summed E-state index contributed by atoms with van der Waals surface area (Å²) in [5, 5.41) is 7.04. The lowest BCUT2D eigenvalue weighted by Crippen LogP contribution is -2.44. The van der Waals surface area contributed by atoms with E-state index >= 15 is 0 Å². The maximum absolute atomic E-state index is 12.3. The van der Waals surface area contributed by atoms with Gasteiger partial charge in [-0.1, -0.05) is 24.3 Å². The number of carbonyl (C=O) groups is 1. The average Bonchev–Trinajstić information content (AvgIpc) is 3.16. The molecule has 7 nitrogen and oxygen atoms in total. The third-order valence-corrected chi connectivity index (χ3v) is 4.77. The van der Waals surface area contributed by atoms with Gasteiger partial charge in [0.25, 0.3) is 0 Å². The van der Waals surface area contributed by atoms with Crippen LogP contribution in [0.3, 0.4) is 0 Å². The Hall–Kier alpha value is -2.25. The van der Waals surface area contributed by atoms with E-state index in [0.717, 1.165) is 32.7 Å². The smallest absolute Gasteiger partial charge is 0.244 e. The summed E-state index contributed by atoms with van der Waals surface area (Å²) in [6.45, 7) is 7.66. The molecule has 1 aromatic heterocycles. The number of hydrogen-bond acceptors (Lipinski definition) is 5. The maximum atomic E-state index is 12.3. The third-order valence-electron chi connectivity index (χ3n) is 4.77. The van der Waals surface area contributed by atoms with Gasteiger partial charge in [-0.05, 0) is 25.1 Å². The van der Waals surface area contributed by atoms with Crippen molar-refractivity contribution in [1.29, 1.82) is 0 Å². The molecule has 1 amide bonds. The van der Waals surface area contributed by atoms with Crippen LogP contribution >= 0.6 is 0 Å². The van der Waals surface area contributed by atoms with Crippen LogP contribution in [0, 0.1) is 0 Å². The summed E-state index contributed by atoms with van der Waals surface area (Å²) < 4.78 is 1.56. The van der Waals surface area contributed by atoms with E-state index in [0.29, 0.717) is 6.54 Å². The van der Waals surface area contributed by atoms with E-state index in [4.69, 9.17) is 0 Å². The Balaban J connectivity index is 1.58. The number of nitrogens with one attached hydrogen (secondary N) is 1. The van der Waals surface area contributed by atoms with E-state index in [-0.39, 0.29) is 11.9 Å². The van der Waals surface area contributed by atoms with Crippen LogP contribution in [0.25, 0.3) is 0 Å². The van der Waals surface area contributed by atoms with Crippen molar-refractivity contribution in [3.8, 4) is 0 Å². The Kier molecular flexibility index (Phi) is 5.78. The molecule has 1 saturated heterocycles. The van der Waals surface area contributed by atoms with Gasteiger partial charge < -0.3 is 10.2 Å². The number of amides is 1. The number of carbonyl (C=O) groups excluding carboxylic acids is 1. The molecule has 134 valence electrons. The highest BCUT2D eigenvalue weighted by Crippen LogP contribution is 2.14. The van der Waals surface area contributed by atoms with Gasteiger partial charge in [0.05, 0.1) is 0 Å². The Labute approximate surface area is 148 Å². The molecule has 3 rings (SSSR count). The Morgan fingerprint density at radius 1 is 1.20 bits per heavy atom. The first-order valence-electron chi connectivity index (χ1n) is 8.73. The number of benzene rings is 1. The van der Waals surface area contributed by atoms with Gasteiger partial charge >= 0.3 is 0 Å². The van der Waals surface area contributed by atoms with E-state index in [2.05, 4.69) is 50.4 Å². The van der Waals surface area contributed by atoms with Crippen molar-refractivity contribution in [3.05, 3.63) is 48.0 Å². The van der Waals surface area contributed by atoms with Crippen LogP contribution in [0.15, 0.2) is 36.9 Å². The molecule has 1 N–H and O–H groups in total. The quantitative estimate of drug-likeness (QED) is 0.845. The van der Waals surface area contributed by atoms with Crippen LogP contribution in [0.2, 0.25) is 0 Å². The fourth-order valence-electron chi connectivity index (χ4n) is 3.00. The molecule has 1 aliphatic heterocycles. The Bertz CT molecular complexity index is 679. The molecule has 0 radical (unpaired) electrons. The van der Waals surface area contributed by atoms with Crippen LogP contribution in [-0.4, -0.2) is 63.7 Å². The number of nitrogens with zero attached hydrogens (tertiary/aromatic N) is 5. The molecule has 1 aromatic carbocycles. The molecule has 0 spiro atoms. The maximum Gasteiger partial charge on any atom is 0.244 e. The number of piperazine rings is 1. The zero-order chi connectivity index (χ0) is 17.6. The van der Waals surface area contributed by atoms with Crippen molar-refractivity contribution < 1.29 is 4.79 Å². The second-order valence-corrected chi connectivity index (χ2v) is 6.62. The highest BCUT2D eigenvalue weighted by Gasteiger charge is 2.17. The molecule has 25 heavy (non-hydrogen) atoms. The van der Waals surface area contributed by atoms with Gasteiger partial charge in [-0.2, -0.15) is 5.10 Å². The highest BCUT2D eigenvalue weighted by molar-refractivity contribution is 5.79. The SMILES string of the molecule is CC(C(=O)NCc1ccccc1CN1CCN(C)CC1)n1cncn1. The number of likely N-dealkylation sites (N-methyl/N-ethyl adjacent to an activating group) is 1. The second kappa shape index (κ2) is 8.22. The van der Waals surface area contributed by atoms with E-state index in [1.165, 1.54) is 17.5 Å². The predicted molar refractivity (Wildman–Crippen MR) is 95.8 cm³/mol. The average molecular weight is 342 g/mol. The molecule has 1 atom stereocenters. The third kappa shape index (κ3) is 4.64. The molecule has 7 heteroatoms. The minimum absolute atomic E-state index is 0.0556. The molecular weight excluding hydrogens is 316 g/mol. The molecule has 2 heterocycles. The van der Waals surface area contributed by atoms with E-state index in [1.807, 2.05) is 13.0 Å². The summed E-state index contributed by atoms with van der Waals surface area (Å²) in [6, 6.07) is 7.96. The topological polar surface area (TPSA) is 66.3 Å². The zero-order valence-corrected chi connectivity index (χ0v) is 14.9. The van der Waals surface area contributed by atoms with Crippen molar-refractivity contribution in [2.45, 2.75) is 26.1 Å². The van der Waals surface area contributed by atoms with Gasteiger partial charge in [0, 0.05) is 39.3 Å². The summed E-state index contributed by atoms with van der Waals surface area (Å²) in [5.41, 5.74) is 2.45. The standard InChI is InChI=1S/C18H26N6O/c1-15(24-14-19-13-21-24)18(25)20-11-16-5-3-4-6-17(16)12-23-9-7-22(2)8-10-23/h3-6,13-15H,7-12H2,1-2H3,(H,20,25). The molecule has 1 aliphatic rings. The van der Waals surface area contributed by atoms with Crippen molar-refractivity contribution in [2.24, 2.45) is 0 Å². The van der Waals surface area contributed by atoms with Crippen LogP contribution in [0.4, 0.5) is 0 Å². The van der Waals surface area contributed by atoms with Crippen LogP contribution in [0.1, 0.15) is 24.1 Å². The minimum atomic E-state index is -0.368. The molecule has 0 bridgehead atoms. The van der Waals surface area contributed by atoms with Crippen molar-refractivity contribution in [1.82, 2.24) is 29.9 Å². The van der Waals surface area contributed by atoms with E-state index in [1.54, 1.807) is 11.0 Å². The molecule has 1 unspecified atom stereocenters. The van der Waals surface area contributed by atoms with Crippen molar-refractivity contribution >= 4 is 5.91 Å². The summed E-state index contributed by atoms with van der Waals surface area (Å²) in [7, 11) is 2.16. The summed E-state index contributed by atoms with van der Waals surface area (Å²) in [5.74, 6) is -0.0556. The van der Waals surface area contributed by atoms with Gasteiger partial charge in [0.2, 0.25) is 5.91 Å². The van der Waals surface area contributed by atoms with Gasteiger partial charge in [-0.25, -0.2) is 9.67 Å². The summed E-state index contributed by atoms with van der Waals surface area (Å²) in [4.78, 5) is 21.1. The molecule has 1 fully saturated rings. The van der Waals surface area contributed by atoms with E-state index in [9.17, 15) is 4.79 Å². The van der Waals surface area contributed by atoms with Crippen molar-refractivity contribution in [3.63, 3.8) is 0 Å². The number of rotatable bonds is 6. The van der Waals surface area contributed by atoms with Gasteiger partial charge in [-0.3, -0.25) is 9.69 Å². The second-order valence-electron chi connectivity index (χ2n) is 6.62. The summed E-state index contributed by atoms with van der Waals surface area (Å²) in [6.07, 6.45) is 3.00. The number of hydrogen-bond donors (Lipinski definition) is 1. The molecule has 0 aliphatic carbocycles. The number of aromatic nitrogens is 3. The molecular formula is C18H26N6O. The zero-order valence-electron chi connectivity index (χ0n) is 14.9. The molecule has 0 saturated carbocycles. The normalized spacial score (nSPS) is 17.4. The lowest BCUT2D eigenvalue weighted by molar-refractivity contribution is -0.124. The van der Waals surface area contributed by atoms with E-state index < -0.39 is 0 Å². The fourth-order valence-corrected chi connectivity index (χ4v) is 3.00. The minimum Gasteiger partial charge on any atom is -0.350 e. The lowest BCUT2D eigenvalue weighted by atomic mass is 10.1. The first-order valence-corrected chi connectivity index (χ1v) is 8.73. The van der Waals surface area contributed by atoms with Crippen molar-refractivity contribution in [2.75, 3.05) is 33.2 Å². The monoisotopic (exact) mass is 342 g/mol. The predicted octanol–water partition coefficient (Wildman–Crippen LogP) is 0.903. The Morgan fingerprint density at radius 2 is 1.92 bits per heavy atom. The summed E-state index contributed by atoms with van der Waals surface area (Å²) >= 11 is 0. The van der Waals surface area contributed by atoms with Crippen LogP contribution in [-0.2, 0) is 17.9 Å². The van der Waals surface area contributed by atoms with Crippen LogP contribution < -0.4 is 5.32 Å². The highest BCUT2D eigenvalue weighted by atomic mass is 16.2. The molecule has 2 aromatic rings. The van der Waals surface area contributed by atoms with Crippen LogP contribution in [0.5, 0.6) is 0 Å².